The first-order valence-corrected chi connectivity index (χ1v) is 8.54. The van der Waals surface area contributed by atoms with Gasteiger partial charge in [0, 0.05) is 11.3 Å². The molecular weight excluding hydrogens is 324 g/mol. The molecule has 2 N–H and O–H groups in total. The SMILES string of the molecule is Cc1cc2nc(-c3ccc(OCc4ccc(N)cc4)cc3)oc2cc1C. The van der Waals surface area contributed by atoms with Gasteiger partial charge in [0.15, 0.2) is 5.58 Å². The molecule has 0 saturated heterocycles. The zero-order valence-corrected chi connectivity index (χ0v) is 14.8. The van der Waals surface area contributed by atoms with Gasteiger partial charge in [0.2, 0.25) is 5.89 Å². The molecule has 0 amide bonds. The van der Waals surface area contributed by atoms with E-state index in [0.717, 1.165) is 33.7 Å². The Morgan fingerprint density at radius 3 is 2.35 bits per heavy atom. The molecule has 0 bridgehead atoms. The van der Waals surface area contributed by atoms with Crippen LogP contribution >= 0.6 is 0 Å². The Bertz CT molecular complexity index is 1010. The molecule has 0 saturated carbocycles. The van der Waals surface area contributed by atoms with Crippen molar-refractivity contribution >= 4 is 16.8 Å². The van der Waals surface area contributed by atoms with Crippen molar-refractivity contribution in [3.63, 3.8) is 0 Å². The number of nitrogens with zero attached hydrogens (tertiary/aromatic N) is 1. The lowest BCUT2D eigenvalue weighted by atomic mass is 10.1. The van der Waals surface area contributed by atoms with E-state index in [1.807, 2.05) is 54.6 Å². The quantitative estimate of drug-likeness (QED) is 0.512. The summed E-state index contributed by atoms with van der Waals surface area (Å²) in [7, 11) is 0. The highest BCUT2D eigenvalue weighted by atomic mass is 16.5. The van der Waals surface area contributed by atoms with Crippen LogP contribution in [0.25, 0.3) is 22.6 Å². The van der Waals surface area contributed by atoms with Crippen molar-refractivity contribution in [2.75, 3.05) is 5.73 Å². The molecule has 4 aromatic rings. The van der Waals surface area contributed by atoms with Crippen LogP contribution in [-0.4, -0.2) is 4.98 Å². The van der Waals surface area contributed by atoms with Gasteiger partial charge in [-0.3, -0.25) is 0 Å². The highest BCUT2D eigenvalue weighted by molar-refractivity contribution is 5.78. The minimum atomic E-state index is 0.501. The summed E-state index contributed by atoms with van der Waals surface area (Å²) >= 11 is 0. The number of hydrogen-bond donors (Lipinski definition) is 1. The van der Waals surface area contributed by atoms with Crippen LogP contribution in [0.3, 0.4) is 0 Å². The van der Waals surface area contributed by atoms with Gasteiger partial charge in [-0.1, -0.05) is 12.1 Å². The van der Waals surface area contributed by atoms with Crippen LogP contribution < -0.4 is 10.5 Å². The first kappa shape index (κ1) is 16.2. The van der Waals surface area contributed by atoms with Crippen molar-refractivity contribution in [1.29, 1.82) is 0 Å². The number of ether oxygens (including phenoxy) is 1. The molecule has 0 fully saturated rings. The molecule has 130 valence electrons. The Morgan fingerprint density at radius 1 is 0.923 bits per heavy atom. The van der Waals surface area contributed by atoms with Crippen molar-refractivity contribution in [2.45, 2.75) is 20.5 Å². The number of fused-ring (bicyclic) bond motifs is 1. The van der Waals surface area contributed by atoms with Crippen molar-refractivity contribution in [3.05, 3.63) is 77.4 Å². The smallest absolute Gasteiger partial charge is 0.227 e. The van der Waals surface area contributed by atoms with Gasteiger partial charge in [0.05, 0.1) is 0 Å². The van der Waals surface area contributed by atoms with Crippen LogP contribution in [0.15, 0.2) is 65.1 Å². The van der Waals surface area contributed by atoms with Gasteiger partial charge < -0.3 is 14.9 Å². The van der Waals surface area contributed by atoms with E-state index >= 15 is 0 Å². The van der Waals surface area contributed by atoms with E-state index in [-0.39, 0.29) is 0 Å². The molecular formula is C22H20N2O2. The Labute approximate surface area is 152 Å². The third-order valence-electron chi connectivity index (χ3n) is 4.49. The first-order chi connectivity index (χ1) is 12.6. The van der Waals surface area contributed by atoms with Gasteiger partial charge >= 0.3 is 0 Å². The van der Waals surface area contributed by atoms with Gasteiger partial charge in [0.1, 0.15) is 17.9 Å². The number of nitrogen functional groups attached to an aromatic ring is 1. The Kier molecular flexibility index (Phi) is 4.09. The van der Waals surface area contributed by atoms with E-state index in [2.05, 4.69) is 24.9 Å². The lowest BCUT2D eigenvalue weighted by Gasteiger charge is -2.07. The van der Waals surface area contributed by atoms with Crippen LogP contribution in [-0.2, 0) is 6.61 Å². The summed E-state index contributed by atoms with van der Waals surface area (Å²) in [5, 5.41) is 0. The van der Waals surface area contributed by atoms with Crippen molar-refractivity contribution < 1.29 is 9.15 Å². The fourth-order valence-electron chi connectivity index (χ4n) is 2.78. The summed E-state index contributed by atoms with van der Waals surface area (Å²) in [6.45, 7) is 4.65. The largest absolute Gasteiger partial charge is 0.489 e. The molecule has 0 radical (unpaired) electrons. The normalized spacial score (nSPS) is 11.0. The molecule has 4 heteroatoms. The van der Waals surface area contributed by atoms with Gasteiger partial charge in [-0.2, -0.15) is 0 Å². The number of rotatable bonds is 4. The second kappa shape index (κ2) is 6.56. The molecule has 0 aliphatic heterocycles. The average molecular weight is 344 g/mol. The second-order valence-corrected chi connectivity index (χ2v) is 6.48. The van der Waals surface area contributed by atoms with Crippen LogP contribution in [0.1, 0.15) is 16.7 Å². The maximum absolute atomic E-state index is 5.91. The summed E-state index contributed by atoms with van der Waals surface area (Å²) in [4.78, 5) is 4.60. The Hall–Kier alpha value is -3.27. The number of anilines is 1. The maximum atomic E-state index is 5.91. The fourth-order valence-corrected chi connectivity index (χ4v) is 2.78. The van der Waals surface area contributed by atoms with Gasteiger partial charge in [-0.25, -0.2) is 4.98 Å². The Balaban J connectivity index is 1.51. The molecule has 0 aliphatic rings. The van der Waals surface area contributed by atoms with Crippen molar-refractivity contribution in [1.82, 2.24) is 4.98 Å². The number of aryl methyl sites for hydroxylation is 2. The minimum absolute atomic E-state index is 0.501. The number of nitrogens with two attached hydrogens (primary N) is 1. The van der Waals surface area contributed by atoms with E-state index < -0.39 is 0 Å². The summed E-state index contributed by atoms with van der Waals surface area (Å²) in [6, 6.07) is 19.5. The van der Waals surface area contributed by atoms with E-state index in [0.29, 0.717) is 12.5 Å². The third kappa shape index (κ3) is 3.26. The van der Waals surface area contributed by atoms with Gasteiger partial charge in [-0.15, -0.1) is 0 Å². The predicted molar refractivity (Wildman–Crippen MR) is 104 cm³/mol. The van der Waals surface area contributed by atoms with Crippen LogP contribution in [0.5, 0.6) is 5.75 Å². The number of oxazole rings is 1. The topological polar surface area (TPSA) is 61.3 Å². The van der Waals surface area contributed by atoms with E-state index in [4.69, 9.17) is 14.9 Å². The molecule has 1 aromatic heterocycles. The summed E-state index contributed by atoms with van der Waals surface area (Å²) in [5.41, 5.74) is 12.6. The minimum Gasteiger partial charge on any atom is -0.489 e. The lowest BCUT2D eigenvalue weighted by Crippen LogP contribution is -1.95. The highest BCUT2D eigenvalue weighted by Gasteiger charge is 2.10. The van der Waals surface area contributed by atoms with Gasteiger partial charge in [-0.05, 0) is 79.1 Å². The van der Waals surface area contributed by atoms with E-state index in [1.165, 1.54) is 11.1 Å². The molecule has 4 nitrogen and oxygen atoms in total. The summed E-state index contributed by atoms with van der Waals surface area (Å²) in [6.07, 6.45) is 0. The van der Waals surface area contributed by atoms with Crippen LogP contribution in [0, 0.1) is 13.8 Å². The van der Waals surface area contributed by atoms with E-state index in [9.17, 15) is 0 Å². The maximum Gasteiger partial charge on any atom is 0.227 e. The second-order valence-electron chi connectivity index (χ2n) is 6.48. The summed E-state index contributed by atoms with van der Waals surface area (Å²) < 4.78 is 11.7. The molecule has 26 heavy (non-hydrogen) atoms. The molecule has 0 spiro atoms. The first-order valence-electron chi connectivity index (χ1n) is 8.54. The lowest BCUT2D eigenvalue weighted by molar-refractivity contribution is 0.306. The molecule has 0 aliphatic carbocycles. The number of hydrogen-bond acceptors (Lipinski definition) is 4. The van der Waals surface area contributed by atoms with E-state index in [1.54, 1.807) is 0 Å². The van der Waals surface area contributed by atoms with Crippen LogP contribution in [0.4, 0.5) is 5.69 Å². The number of aromatic nitrogens is 1. The zero-order valence-electron chi connectivity index (χ0n) is 14.8. The third-order valence-corrected chi connectivity index (χ3v) is 4.49. The van der Waals surface area contributed by atoms with Crippen LogP contribution in [0.2, 0.25) is 0 Å². The summed E-state index contributed by atoms with van der Waals surface area (Å²) in [5.74, 6) is 1.42. The molecule has 4 rings (SSSR count). The highest BCUT2D eigenvalue weighted by Crippen LogP contribution is 2.27. The monoisotopic (exact) mass is 344 g/mol. The number of benzene rings is 3. The van der Waals surface area contributed by atoms with Crippen molar-refractivity contribution in [3.8, 4) is 17.2 Å². The standard InChI is InChI=1S/C22H20N2O2/c1-14-11-20-21(12-15(14)2)26-22(24-20)17-5-9-19(10-6-17)25-13-16-3-7-18(23)8-4-16/h3-12H,13,23H2,1-2H3. The van der Waals surface area contributed by atoms with Gasteiger partial charge in [0.25, 0.3) is 0 Å². The molecule has 0 unspecified atom stereocenters. The fraction of sp³-hybridized carbons (Fsp3) is 0.136. The van der Waals surface area contributed by atoms with Crippen molar-refractivity contribution in [2.24, 2.45) is 0 Å². The predicted octanol–water partition coefficient (Wildman–Crippen LogP) is 5.27. The molecule has 0 atom stereocenters. The molecule has 3 aromatic carbocycles. The molecule has 1 heterocycles. The zero-order chi connectivity index (χ0) is 18.1. The average Bonchev–Trinajstić information content (AvgIpc) is 3.05. The Morgan fingerprint density at radius 2 is 1.62 bits per heavy atom.